The standard InChI is InChI=1S/C15H16ClN3O3S/c1-2-22-13-6-5-11(9-12(13)16)23(20,21)19-14-7-8-17-15(18-14)10-3-4-10/h5-10H,2-4H2,1H3,(H,17,18,19). The molecule has 1 heterocycles. The quantitative estimate of drug-likeness (QED) is 0.862. The molecule has 23 heavy (non-hydrogen) atoms. The molecule has 3 rings (SSSR count). The smallest absolute Gasteiger partial charge is 0.263 e. The van der Waals surface area contributed by atoms with Crippen LogP contribution in [0.1, 0.15) is 31.5 Å². The number of hydrogen-bond acceptors (Lipinski definition) is 5. The summed E-state index contributed by atoms with van der Waals surface area (Å²) in [7, 11) is -3.77. The lowest BCUT2D eigenvalue weighted by atomic mass is 10.3. The second-order valence-corrected chi connectivity index (χ2v) is 7.29. The number of hydrogen-bond donors (Lipinski definition) is 1. The zero-order valence-corrected chi connectivity index (χ0v) is 14.1. The van der Waals surface area contributed by atoms with Crippen LogP contribution in [0.25, 0.3) is 0 Å². The van der Waals surface area contributed by atoms with Gasteiger partial charge in [-0.05, 0) is 44.0 Å². The Kier molecular flexibility index (Phi) is 4.41. The van der Waals surface area contributed by atoms with Crippen molar-refractivity contribution in [1.82, 2.24) is 9.97 Å². The van der Waals surface area contributed by atoms with Crippen LogP contribution in [0.5, 0.6) is 5.75 Å². The molecule has 2 aromatic rings. The summed E-state index contributed by atoms with van der Waals surface area (Å²) in [5.74, 6) is 1.73. The zero-order valence-electron chi connectivity index (χ0n) is 12.5. The fraction of sp³-hybridized carbons (Fsp3) is 0.333. The average Bonchev–Trinajstić information content (AvgIpc) is 3.34. The first kappa shape index (κ1) is 16.0. The minimum absolute atomic E-state index is 0.0533. The number of sulfonamides is 1. The highest BCUT2D eigenvalue weighted by Crippen LogP contribution is 2.38. The Balaban J connectivity index is 1.83. The molecule has 0 spiro atoms. The second-order valence-electron chi connectivity index (χ2n) is 5.21. The molecule has 1 fully saturated rings. The molecule has 0 bridgehead atoms. The number of anilines is 1. The van der Waals surface area contributed by atoms with Crippen molar-refractivity contribution in [3.05, 3.63) is 41.3 Å². The van der Waals surface area contributed by atoms with E-state index in [0.29, 0.717) is 24.1 Å². The Morgan fingerprint density at radius 3 is 2.78 bits per heavy atom. The fourth-order valence-electron chi connectivity index (χ4n) is 2.09. The molecule has 0 unspecified atom stereocenters. The van der Waals surface area contributed by atoms with Gasteiger partial charge in [0, 0.05) is 12.1 Å². The summed E-state index contributed by atoms with van der Waals surface area (Å²) in [5, 5.41) is 0.246. The van der Waals surface area contributed by atoms with Gasteiger partial charge in [0.25, 0.3) is 10.0 Å². The van der Waals surface area contributed by atoms with Crippen LogP contribution in [0.2, 0.25) is 5.02 Å². The summed E-state index contributed by atoms with van der Waals surface area (Å²) < 4.78 is 32.7. The van der Waals surface area contributed by atoms with Gasteiger partial charge in [0.05, 0.1) is 16.5 Å². The van der Waals surface area contributed by atoms with Gasteiger partial charge in [-0.1, -0.05) is 11.6 Å². The molecule has 0 saturated heterocycles. The van der Waals surface area contributed by atoms with Crippen LogP contribution >= 0.6 is 11.6 Å². The maximum Gasteiger partial charge on any atom is 0.263 e. The normalized spacial score (nSPS) is 14.5. The SMILES string of the molecule is CCOc1ccc(S(=O)(=O)Nc2ccnc(C3CC3)n2)cc1Cl. The lowest BCUT2D eigenvalue weighted by molar-refractivity contribution is 0.340. The Bertz CT molecular complexity index is 822. The van der Waals surface area contributed by atoms with E-state index in [1.165, 1.54) is 24.3 Å². The monoisotopic (exact) mass is 353 g/mol. The molecular formula is C15H16ClN3O3S. The molecule has 122 valence electrons. The molecule has 8 heteroatoms. The predicted octanol–water partition coefficient (Wildman–Crippen LogP) is 3.21. The summed E-state index contributed by atoms with van der Waals surface area (Å²) in [5.41, 5.74) is 0. The summed E-state index contributed by atoms with van der Waals surface area (Å²) in [6.45, 7) is 2.28. The van der Waals surface area contributed by atoms with E-state index in [-0.39, 0.29) is 15.7 Å². The van der Waals surface area contributed by atoms with E-state index in [4.69, 9.17) is 16.3 Å². The molecule has 0 atom stereocenters. The van der Waals surface area contributed by atoms with Crippen LogP contribution < -0.4 is 9.46 Å². The molecule has 1 N–H and O–H groups in total. The number of ether oxygens (including phenoxy) is 1. The maximum absolute atomic E-state index is 12.4. The third-order valence-electron chi connectivity index (χ3n) is 3.37. The highest BCUT2D eigenvalue weighted by atomic mass is 35.5. The van der Waals surface area contributed by atoms with E-state index < -0.39 is 10.0 Å². The molecule has 1 aromatic heterocycles. The minimum Gasteiger partial charge on any atom is -0.492 e. The predicted molar refractivity (Wildman–Crippen MR) is 87.4 cm³/mol. The Hall–Kier alpha value is -1.86. The maximum atomic E-state index is 12.4. The van der Waals surface area contributed by atoms with E-state index in [1.54, 1.807) is 6.20 Å². The minimum atomic E-state index is -3.77. The van der Waals surface area contributed by atoms with Gasteiger partial charge >= 0.3 is 0 Å². The van der Waals surface area contributed by atoms with Gasteiger partial charge in [0.15, 0.2) is 0 Å². The summed E-state index contributed by atoms with van der Waals surface area (Å²) in [6.07, 6.45) is 3.65. The largest absolute Gasteiger partial charge is 0.492 e. The number of benzene rings is 1. The number of halogens is 1. The topological polar surface area (TPSA) is 81.2 Å². The number of aromatic nitrogens is 2. The van der Waals surface area contributed by atoms with Crippen LogP contribution in [0.4, 0.5) is 5.82 Å². The van der Waals surface area contributed by atoms with Crippen LogP contribution in [0.15, 0.2) is 35.4 Å². The van der Waals surface area contributed by atoms with Gasteiger partial charge in [-0.2, -0.15) is 0 Å². The van der Waals surface area contributed by atoms with Gasteiger partial charge in [-0.15, -0.1) is 0 Å². The first-order chi connectivity index (χ1) is 11.0. The van der Waals surface area contributed by atoms with Crippen molar-refractivity contribution < 1.29 is 13.2 Å². The molecule has 1 aliphatic rings. The lowest BCUT2D eigenvalue weighted by Crippen LogP contribution is -2.14. The summed E-state index contributed by atoms with van der Waals surface area (Å²) >= 11 is 6.05. The van der Waals surface area contributed by atoms with E-state index in [9.17, 15) is 8.42 Å². The van der Waals surface area contributed by atoms with E-state index >= 15 is 0 Å². The molecular weight excluding hydrogens is 338 g/mol. The van der Waals surface area contributed by atoms with Gasteiger partial charge in [-0.25, -0.2) is 18.4 Å². The second kappa shape index (κ2) is 6.33. The zero-order chi connectivity index (χ0) is 16.4. The Morgan fingerprint density at radius 1 is 1.35 bits per heavy atom. The summed E-state index contributed by atoms with van der Waals surface area (Å²) in [6, 6.07) is 5.87. The molecule has 0 aliphatic heterocycles. The van der Waals surface area contributed by atoms with Gasteiger partial charge in [0.1, 0.15) is 17.4 Å². The third kappa shape index (κ3) is 3.73. The van der Waals surface area contributed by atoms with Crippen LogP contribution in [-0.2, 0) is 10.0 Å². The van der Waals surface area contributed by atoms with Crippen molar-refractivity contribution in [2.75, 3.05) is 11.3 Å². The van der Waals surface area contributed by atoms with Gasteiger partial charge in [0.2, 0.25) is 0 Å². The van der Waals surface area contributed by atoms with Crippen LogP contribution in [0.3, 0.4) is 0 Å². The van der Waals surface area contributed by atoms with Crippen molar-refractivity contribution in [1.29, 1.82) is 0 Å². The highest BCUT2D eigenvalue weighted by molar-refractivity contribution is 7.92. The third-order valence-corrected chi connectivity index (χ3v) is 5.02. The molecule has 0 amide bonds. The van der Waals surface area contributed by atoms with Crippen molar-refractivity contribution >= 4 is 27.4 Å². The van der Waals surface area contributed by atoms with Gasteiger partial charge < -0.3 is 4.74 Å². The van der Waals surface area contributed by atoms with Crippen molar-refractivity contribution in [3.63, 3.8) is 0 Å². The number of rotatable bonds is 6. The van der Waals surface area contributed by atoms with E-state index in [2.05, 4.69) is 14.7 Å². The fourth-order valence-corrected chi connectivity index (χ4v) is 3.41. The Labute approximate surface area is 139 Å². The molecule has 1 aliphatic carbocycles. The summed E-state index contributed by atoms with van der Waals surface area (Å²) in [4.78, 5) is 8.48. The van der Waals surface area contributed by atoms with E-state index in [0.717, 1.165) is 12.8 Å². The molecule has 6 nitrogen and oxygen atoms in total. The van der Waals surface area contributed by atoms with Crippen molar-refractivity contribution in [2.24, 2.45) is 0 Å². The van der Waals surface area contributed by atoms with E-state index in [1.807, 2.05) is 6.92 Å². The molecule has 0 radical (unpaired) electrons. The van der Waals surface area contributed by atoms with Crippen LogP contribution in [0, 0.1) is 0 Å². The lowest BCUT2D eigenvalue weighted by Gasteiger charge is -2.10. The first-order valence-electron chi connectivity index (χ1n) is 7.27. The highest BCUT2D eigenvalue weighted by Gasteiger charge is 2.27. The number of nitrogens with one attached hydrogen (secondary N) is 1. The molecule has 1 saturated carbocycles. The number of nitrogens with zero attached hydrogens (tertiary/aromatic N) is 2. The Morgan fingerprint density at radius 2 is 2.13 bits per heavy atom. The van der Waals surface area contributed by atoms with Crippen LogP contribution in [-0.4, -0.2) is 25.0 Å². The molecule has 1 aromatic carbocycles. The van der Waals surface area contributed by atoms with Gasteiger partial charge in [-0.3, -0.25) is 4.72 Å². The van der Waals surface area contributed by atoms with Crippen molar-refractivity contribution in [3.8, 4) is 5.75 Å². The first-order valence-corrected chi connectivity index (χ1v) is 9.14. The average molecular weight is 354 g/mol. The van der Waals surface area contributed by atoms with Crippen molar-refractivity contribution in [2.45, 2.75) is 30.6 Å².